The third-order valence-corrected chi connectivity index (χ3v) is 7.98. The molecule has 0 aliphatic carbocycles. The standard InChI is InChI=1S/C41H34N2O/c1-30(42-40-23-19-34(20-24-40)38-17-9-15-36(27-38)32-11-5-3-6-12-32)31(2)43(29-44)41-25-21-35(22-26-41)39-18-10-16-37(28-39)33-13-7-4-8-14-33/h3-29,42H,1-2H3/b31-30-. The summed E-state index contributed by atoms with van der Waals surface area (Å²) in [5.41, 5.74) is 12.8. The highest BCUT2D eigenvalue weighted by atomic mass is 16.1. The number of nitrogens with zero attached hydrogens (tertiary/aromatic N) is 1. The number of hydrogen-bond donors (Lipinski definition) is 1. The molecule has 6 aromatic carbocycles. The van der Waals surface area contributed by atoms with Crippen molar-refractivity contribution in [1.82, 2.24) is 0 Å². The van der Waals surface area contributed by atoms with Crippen LogP contribution in [0.15, 0.2) is 169 Å². The molecule has 214 valence electrons. The van der Waals surface area contributed by atoms with E-state index in [1.807, 2.05) is 38.1 Å². The molecule has 1 N–H and O–H groups in total. The van der Waals surface area contributed by atoms with Crippen LogP contribution in [0.3, 0.4) is 0 Å². The van der Waals surface area contributed by atoms with Crippen molar-refractivity contribution in [3.05, 3.63) is 169 Å². The van der Waals surface area contributed by atoms with Gasteiger partial charge in [-0.1, -0.05) is 121 Å². The van der Waals surface area contributed by atoms with E-state index in [9.17, 15) is 4.79 Å². The molecule has 0 bridgehead atoms. The first kappa shape index (κ1) is 28.4. The molecule has 0 aromatic heterocycles. The fourth-order valence-electron chi connectivity index (χ4n) is 5.40. The molecule has 0 unspecified atom stereocenters. The molecule has 3 heteroatoms. The molecule has 0 heterocycles. The van der Waals surface area contributed by atoms with Gasteiger partial charge in [0.05, 0.1) is 0 Å². The van der Waals surface area contributed by atoms with Crippen LogP contribution in [0.1, 0.15) is 13.8 Å². The maximum atomic E-state index is 12.3. The molecular weight excluding hydrogens is 536 g/mol. The minimum Gasteiger partial charge on any atom is -0.358 e. The van der Waals surface area contributed by atoms with Crippen LogP contribution in [-0.4, -0.2) is 6.41 Å². The Hall–Kier alpha value is -5.67. The number of nitrogens with one attached hydrogen (secondary N) is 1. The number of rotatable bonds is 9. The summed E-state index contributed by atoms with van der Waals surface area (Å²) >= 11 is 0. The summed E-state index contributed by atoms with van der Waals surface area (Å²) in [4.78, 5) is 13.9. The maximum Gasteiger partial charge on any atom is 0.218 e. The van der Waals surface area contributed by atoms with Crippen molar-refractivity contribution in [2.75, 3.05) is 10.2 Å². The van der Waals surface area contributed by atoms with Gasteiger partial charge in [0.15, 0.2) is 0 Å². The van der Waals surface area contributed by atoms with Crippen LogP contribution < -0.4 is 10.2 Å². The fraction of sp³-hybridized carbons (Fsp3) is 0.0488. The van der Waals surface area contributed by atoms with Gasteiger partial charge in [-0.05, 0) is 94.8 Å². The molecule has 0 saturated carbocycles. The molecule has 0 radical (unpaired) electrons. The lowest BCUT2D eigenvalue weighted by Gasteiger charge is -2.22. The summed E-state index contributed by atoms with van der Waals surface area (Å²) in [5.74, 6) is 0. The first-order valence-electron chi connectivity index (χ1n) is 14.8. The van der Waals surface area contributed by atoms with E-state index >= 15 is 0 Å². The quantitative estimate of drug-likeness (QED) is 0.175. The maximum absolute atomic E-state index is 12.3. The van der Waals surface area contributed by atoms with Gasteiger partial charge < -0.3 is 5.32 Å². The van der Waals surface area contributed by atoms with Crippen molar-refractivity contribution in [3.63, 3.8) is 0 Å². The Labute approximate surface area is 259 Å². The van der Waals surface area contributed by atoms with Crippen molar-refractivity contribution in [2.45, 2.75) is 13.8 Å². The first-order valence-corrected chi connectivity index (χ1v) is 14.8. The van der Waals surface area contributed by atoms with E-state index in [4.69, 9.17) is 0 Å². The third kappa shape index (κ3) is 6.38. The van der Waals surface area contributed by atoms with Crippen molar-refractivity contribution < 1.29 is 4.79 Å². The molecule has 0 saturated heterocycles. The molecule has 0 atom stereocenters. The Morgan fingerprint density at radius 2 is 0.864 bits per heavy atom. The summed E-state index contributed by atoms with van der Waals surface area (Å²) < 4.78 is 0. The van der Waals surface area contributed by atoms with Crippen molar-refractivity contribution in [1.29, 1.82) is 0 Å². The van der Waals surface area contributed by atoms with Crippen LogP contribution in [0.5, 0.6) is 0 Å². The molecule has 0 fully saturated rings. The Kier molecular flexibility index (Phi) is 8.47. The Morgan fingerprint density at radius 3 is 1.30 bits per heavy atom. The molecule has 0 aliphatic heterocycles. The smallest absolute Gasteiger partial charge is 0.218 e. The first-order chi connectivity index (χ1) is 21.6. The number of hydrogen-bond acceptors (Lipinski definition) is 2. The predicted octanol–water partition coefficient (Wildman–Crippen LogP) is 10.7. The highest BCUT2D eigenvalue weighted by molar-refractivity contribution is 5.82. The lowest BCUT2D eigenvalue weighted by molar-refractivity contribution is -0.107. The molecule has 1 amide bonds. The minimum absolute atomic E-state index is 0.815. The largest absolute Gasteiger partial charge is 0.358 e. The zero-order valence-electron chi connectivity index (χ0n) is 24.9. The van der Waals surface area contributed by atoms with Crippen molar-refractivity contribution in [3.8, 4) is 44.5 Å². The summed E-state index contributed by atoms with van der Waals surface area (Å²) in [6.07, 6.45) is 0.869. The number of carbonyl (C=O) groups excluding carboxylic acids is 1. The van der Waals surface area contributed by atoms with Crippen molar-refractivity contribution in [2.24, 2.45) is 0 Å². The summed E-state index contributed by atoms with van der Waals surface area (Å²) in [6.45, 7) is 3.95. The average molecular weight is 571 g/mol. The number of anilines is 2. The van der Waals surface area contributed by atoms with E-state index in [1.54, 1.807) is 4.90 Å². The van der Waals surface area contributed by atoms with Gasteiger partial charge >= 0.3 is 0 Å². The molecule has 0 aliphatic rings. The van der Waals surface area contributed by atoms with Gasteiger partial charge in [-0.2, -0.15) is 0 Å². The second-order valence-electron chi connectivity index (χ2n) is 10.8. The molecule has 3 nitrogen and oxygen atoms in total. The average Bonchev–Trinajstić information content (AvgIpc) is 3.10. The number of allylic oxidation sites excluding steroid dienone is 2. The number of carbonyl (C=O) groups is 1. The molecule has 0 spiro atoms. The van der Waals surface area contributed by atoms with E-state index in [0.29, 0.717) is 0 Å². The Morgan fingerprint density at radius 1 is 0.477 bits per heavy atom. The van der Waals surface area contributed by atoms with Crippen LogP contribution in [-0.2, 0) is 4.79 Å². The van der Waals surface area contributed by atoms with E-state index in [2.05, 4.69) is 139 Å². The highest BCUT2D eigenvalue weighted by Crippen LogP contribution is 2.30. The monoisotopic (exact) mass is 570 g/mol. The summed E-state index contributed by atoms with van der Waals surface area (Å²) in [6, 6.07) is 54.4. The molecule has 6 rings (SSSR count). The predicted molar refractivity (Wildman–Crippen MR) is 185 cm³/mol. The van der Waals surface area contributed by atoms with E-state index < -0.39 is 0 Å². The third-order valence-electron chi connectivity index (χ3n) is 7.98. The zero-order chi connectivity index (χ0) is 30.3. The van der Waals surface area contributed by atoms with Crippen LogP contribution >= 0.6 is 0 Å². The van der Waals surface area contributed by atoms with E-state index in [1.165, 1.54) is 27.8 Å². The molecular formula is C41H34N2O. The van der Waals surface area contributed by atoms with Gasteiger partial charge in [0.1, 0.15) is 0 Å². The van der Waals surface area contributed by atoms with Crippen LogP contribution in [0.25, 0.3) is 44.5 Å². The normalized spacial score (nSPS) is 11.4. The Balaban J connectivity index is 1.17. The SMILES string of the molecule is C/C(Nc1ccc(-c2cccc(-c3ccccc3)c2)cc1)=C(\C)N(C=O)c1ccc(-c2cccc(-c3ccccc3)c2)cc1. The van der Waals surface area contributed by atoms with Crippen molar-refractivity contribution >= 4 is 17.8 Å². The van der Waals surface area contributed by atoms with E-state index in [0.717, 1.165) is 45.9 Å². The summed E-state index contributed by atoms with van der Waals surface area (Å²) in [5, 5.41) is 3.48. The minimum atomic E-state index is 0.815. The van der Waals surface area contributed by atoms with Gasteiger partial charge in [0, 0.05) is 22.8 Å². The van der Waals surface area contributed by atoms with Gasteiger partial charge in [0.25, 0.3) is 0 Å². The fourth-order valence-corrected chi connectivity index (χ4v) is 5.40. The lowest BCUT2D eigenvalue weighted by atomic mass is 9.99. The zero-order valence-corrected chi connectivity index (χ0v) is 24.9. The Bertz CT molecular complexity index is 1890. The second kappa shape index (κ2) is 13.1. The van der Waals surface area contributed by atoms with Gasteiger partial charge in [-0.25, -0.2) is 0 Å². The van der Waals surface area contributed by atoms with Gasteiger partial charge in [0.2, 0.25) is 6.41 Å². The number of benzene rings is 6. The van der Waals surface area contributed by atoms with Crippen LogP contribution in [0.2, 0.25) is 0 Å². The molecule has 44 heavy (non-hydrogen) atoms. The van der Waals surface area contributed by atoms with E-state index in [-0.39, 0.29) is 0 Å². The molecule has 6 aromatic rings. The van der Waals surface area contributed by atoms with Gasteiger partial charge in [-0.15, -0.1) is 0 Å². The lowest BCUT2D eigenvalue weighted by Crippen LogP contribution is -2.21. The highest BCUT2D eigenvalue weighted by Gasteiger charge is 2.12. The topological polar surface area (TPSA) is 32.3 Å². The van der Waals surface area contributed by atoms with Gasteiger partial charge in [-0.3, -0.25) is 9.69 Å². The summed E-state index contributed by atoms with van der Waals surface area (Å²) in [7, 11) is 0. The second-order valence-corrected chi connectivity index (χ2v) is 10.8. The van der Waals surface area contributed by atoms with Crippen LogP contribution in [0.4, 0.5) is 11.4 Å². The number of amides is 1. The van der Waals surface area contributed by atoms with Crippen LogP contribution in [0, 0.1) is 0 Å².